The zero-order valence-electron chi connectivity index (χ0n) is 16.6. The molecule has 0 aromatic heterocycles. The molecule has 2 aliphatic rings. The number of methoxy groups -OCH3 is 1. The number of aliphatic imine (C=N–C) groups is 1. The van der Waals surface area contributed by atoms with Gasteiger partial charge in [0.2, 0.25) is 0 Å². The minimum atomic E-state index is 0.602. The first-order valence-electron chi connectivity index (χ1n) is 9.63. The van der Waals surface area contributed by atoms with Crippen LogP contribution in [0.2, 0.25) is 0 Å². The second-order valence-electron chi connectivity index (χ2n) is 7.47. The van der Waals surface area contributed by atoms with Crippen LogP contribution < -0.4 is 15.0 Å². The summed E-state index contributed by atoms with van der Waals surface area (Å²) in [4.78, 5) is 11.7. The molecular weight excluding hydrogens is 326 g/mol. The van der Waals surface area contributed by atoms with E-state index in [1.165, 1.54) is 18.5 Å². The largest absolute Gasteiger partial charge is 0.497 e. The van der Waals surface area contributed by atoms with Crippen molar-refractivity contribution in [1.29, 1.82) is 0 Å². The Morgan fingerprint density at radius 3 is 2.58 bits per heavy atom. The molecule has 1 aromatic rings. The molecule has 26 heavy (non-hydrogen) atoms. The molecule has 6 heteroatoms. The molecule has 144 valence electrons. The van der Waals surface area contributed by atoms with Crippen molar-refractivity contribution in [2.24, 2.45) is 10.9 Å². The fraction of sp³-hybridized carbons (Fsp3) is 0.650. The third-order valence-electron chi connectivity index (χ3n) is 5.51. The normalized spacial score (nSPS) is 19.7. The van der Waals surface area contributed by atoms with Gasteiger partial charge in [0.1, 0.15) is 5.75 Å². The van der Waals surface area contributed by atoms with Gasteiger partial charge in [-0.25, -0.2) is 0 Å². The fourth-order valence-electron chi connectivity index (χ4n) is 3.76. The Kier molecular flexibility index (Phi) is 6.25. The van der Waals surface area contributed by atoms with Crippen LogP contribution in [0.25, 0.3) is 0 Å². The highest BCUT2D eigenvalue weighted by molar-refractivity contribution is 5.80. The SMILES string of the molecule is CN=C(NCC(C1CC1)N(C)C)N1CCN(c2cccc(OC)c2)CC1. The quantitative estimate of drug-likeness (QED) is 0.619. The number of piperazine rings is 1. The summed E-state index contributed by atoms with van der Waals surface area (Å²) in [6, 6.07) is 8.92. The van der Waals surface area contributed by atoms with Crippen LogP contribution >= 0.6 is 0 Å². The van der Waals surface area contributed by atoms with E-state index in [9.17, 15) is 0 Å². The zero-order valence-corrected chi connectivity index (χ0v) is 16.6. The predicted octanol–water partition coefficient (Wildman–Crippen LogP) is 1.73. The number of likely N-dealkylation sites (N-methyl/N-ethyl adjacent to an activating group) is 1. The lowest BCUT2D eigenvalue weighted by Crippen LogP contribution is -2.54. The number of benzene rings is 1. The topological polar surface area (TPSA) is 43.3 Å². The van der Waals surface area contributed by atoms with Gasteiger partial charge in [0.25, 0.3) is 0 Å². The van der Waals surface area contributed by atoms with Crippen LogP contribution in [0.4, 0.5) is 5.69 Å². The van der Waals surface area contributed by atoms with Crippen LogP contribution in [0.5, 0.6) is 5.75 Å². The fourth-order valence-corrected chi connectivity index (χ4v) is 3.76. The number of ether oxygens (including phenoxy) is 1. The molecule has 1 N–H and O–H groups in total. The van der Waals surface area contributed by atoms with Crippen molar-refractivity contribution < 1.29 is 4.74 Å². The molecule has 0 spiro atoms. The van der Waals surface area contributed by atoms with E-state index in [2.05, 4.69) is 57.3 Å². The summed E-state index contributed by atoms with van der Waals surface area (Å²) < 4.78 is 5.35. The molecule has 1 atom stereocenters. The van der Waals surface area contributed by atoms with Crippen molar-refractivity contribution in [2.45, 2.75) is 18.9 Å². The lowest BCUT2D eigenvalue weighted by atomic mass is 10.1. The summed E-state index contributed by atoms with van der Waals surface area (Å²) in [5.41, 5.74) is 1.23. The van der Waals surface area contributed by atoms with Gasteiger partial charge >= 0.3 is 0 Å². The first-order valence-corrected chi connectivity index (χ1v) is 9.63. The Balaban J connectivity index is 1.52. The van der Waals surface area contributed by atoms with Crippen LogP contribution in [-0.2, 0) is 0 Å². The van der Waals surface area contributed by atoms with E-state index >= 15 is 0 Å². The van der Waals surface area contributed by atoms with Crippen LogP contribution in [0, 0.1) is 5.92 Å². The second kappa shape index (κ2) is 8.62. The molecule has 0 radical (unpaired) electrons. The molecule has 1 aliphatic heterocycles. The van der Waals surface area contributed by atoms with E-state index in [0.717, 1.165) is 50.4 Å². The van der Waals surface area contributed by atoms with E-state index in [0.29, 0.717) is 6.04 Å². The van der Waals surface area contributed by atoms with Crippen LogP contribution in [0.1, 0.15) is 12.8 Å². The summed E-state index contributed by atoms with van der Waals surface area (Å²) in [6.07, 6.45) is 2.73. The molecule has 2 fully saturated rings. The highest BCUT2D eigenvalue weighted by atomic mass is 16.5. The van der Waals surface area contributed by atoms with Crippen molar-refractivity contribution in [2.75, 3.05) is 65.9 Å². The third kappa shape index (κ3) is 4.61. The summed E-state index contributed by atoms with van der Waals surface area (Å²) in [5, 5.41) is 3.61. The number of guanidine groups is 1. The second-order valence-corrected chi connectivity index (χ2v) is 7.47. The third-order valence-corrected chi connectivity index (χ3v) is 5.51. The van der Waals surface area contributed by atoms with Gasteiger partial charge in [0, 0.05) is 57.6 Å². The van der Waals surface area contributed by atoms with Crippen molar-refractivity contribution in [1.82, 2.24) is 15.1 Å². The molecule has 1 saturated carbocycles. The number of hydrogen-bond acceptors (Lipinski definition) is 4. The monoisotopic (exact) mass is 359 g/mol. The van der Waals surface area contributed by atoms with Gasteiger partial charge in [-0.2, -0.15) is 0 Å². The van der Waals surface area contributed by atoms with Gasteiger partial charge in [-0.3, -0.25) is 4.99 Å². The van der Waals surface area contributed by atoms with E-state index in [-0.39, 0.29) is 0 Å². The minimum Gasteiger partial charge on any atom is -0.497 e. The van der Waals surface area contributed by atoms with Gasteiger partial charge in [0.05, 0.1) is 7.11 Å². The zero-order chi connectivity index (χ0) is 18.5. The van der Waals surface area contributed by atoms with Crippen molar-refractivity contribution in [3.8, 4) is 5.75 Å². The lowest BCUT2D eigenvalue weighted by molar-refractivity contribution is 0.260. The Morgan fingerprint density at radius 2 is 2.00 bits per heavy atom. The summed E-state index contributed by atoms with van der Waals surface area (Å²) in [5.74, 6) is 2.79. The number of hydrogen-bond donors (Lipinski definition) is 1. The van der Waals surface area contributed by atoms with E-state index in [1.54, 1.807) is 7.11 Å². The number of anilines is 1. The maximum Gasteiger partial charge on any atom is 0.193 e. The summed E-state index contributed by atoms with van der Waals surface area (Å²) >= 11 is 0. The van der Waals surface area contributed by atoms with E-state index in [1.807, 2.05) is 13.1 Å². The molecular formula is C20H33N5O. The highest BCUT2D eigenvalue weighted by Gasteiger charge is 2.33. The highest BCUT2D eigenvalue weighted by Crippen LogP contribution is 2.34. The van der Waals surface area contributed by atoms with Crippen molar-refractivity contribution in [3.05, 3.63) is 24.3 Å². The van der Waals surface area contributed by atoms with Gasteiger partial charge in [-0.05, 0) is 45.0 Å². The Bertz CT molecular complexity index is 604. The van der Waals surface area contributed by atoms with Crippen LogP contribution in [-0.4, -0.2) is 82.8 Å². The predicted molar refractivity (Wildman–Crippen MR) is 108 cm³/mol. The lowest BCUT2D eigenvalue weighted by Gasteiger charge is -2.38. The first kappa shape index (κ1) is 18.8. The van der Waals surface area contributed by atoms with Crippen molar-refractivity contribution >= 4 is 11.6 Å². The first-order chi connectivity index (χ1) is 12.6. The Morgan fingerprint density at radius 1 is 1.27 bits per heavy atom. The molecule has 1 aliphatic carbocycles. The number of nitrogens with zero attached hydrogens (tertiary/aromatic N) is 4. The van der Waals surface area contributed by atoms with E-state index in [4.69, 9.17) is 4.74 Å². The summed E-state index contributed by atoms with van der Waals surface area (Å²) in [7, 11) is 7.97. The molecule has 0 bridgehead atoms. The standard InChI is InChI=1S/C20H33N5O/c1-21-20(22-15-19(23(2)3)16-8-9-16)25-12-10-24(11-13-25)17-6-5-7-18(14-17)26-4/h5-7,14,16,19H,8-13,15H2,1-4H3,(H,21,22). The molecule has 1 aromatic carbocycles. The molecule has 1 saturated heterocycles. The minimum absolute atomic E-state index is 0.602. The number of rotatable bonds is 6. The van der Waals surface area contributed by atoms with Gasteiger partial charge in [-0.15, -0.1) is 0 Å². The van der Waals surface area contributed by atoms with Crippen molar-refractivity contribution in [3.63, 3.8) is 0 Å². The average molecular weight is 360 g/mol. The molecule has 1 unspecified atom stereocenters. The van der Waals surface area contributed by atoms with Gasteiger partial charge < -0.3 is 24.8 Å². The van der Waals surface area contributed by atoms with Gasteiger partial charge in [0.15, 0.2) is 5.96 Å². The maximum atomic E-state index is 5.35. The van der Waals surface area contributed by atoms with Crippen LogP contribution in [0.3, 0.4) is 0 Å². The van der Waals surface area contributed by atoms with Crippen LogP contribution in [0.15, 0.2) is 29.3 Å². The van der Waals surface area contributed by atoms with Gasteiger partial charge in [-0.1, -0.05) is 6.07 Å². The molecule has 1 heterocycles. The maximum absolute atomic E-state index is 5.35. The number of nitrogens with one attached hydrogen (secondary N) is 1. The Labute approximate surface area is 157 Å². The van der Waals surface area contributed by atoms with E-state index < -0.39 is 0 Å². The smallest absolute Gasteiger partial charge is 0.193 e. The molecule has 3 rings (SSSR count). The Hall–Kier alpha value is -1.95. The summed E-state index contributed by atoms with van der Waals surface area (Å²) in [6.45, 7) is 4.92. The molecule has 0 amide bonds. The average Bonchev–Trinajstić information content (AvgIpc) is 3.50. The molecule has 6 nitrogen and oxygen atoms in total.